The Labute approximate surface area is 129 Å². The maximum Gasteiger partial charge on any atom is 0.410 e. The highest BCUT2D eigenvalue weighted by molar-refractivity contribution is 5.73. The number of imidazole rings is 1. The molecule has 0 aromatic carbocycles. The number of likely N-dealkylation sites (tertiary alicyclic amines) is 1. The number of ether oxygens (including phenoxy) is 1. The minimum absolute atomic E-state index is 0.160. The fourth-order valence-electron chi connectivity index (χ4n) is 2.48. The lowest BCUT2D eigenvalue weighted by atomic mass is 10.2. The minimum atomic E-state index is -0.465. The summed E-state index contributed by atoms with van der Waals surface area (Å²) in [6.45, 7) is 6.92. The average Bonchev–Trinajstić information content (AvgIpc) is 3.02. The van der Waals surface area contributed by atoms with E-state index in [1.54, 1.807) is 11.1 Å². The van der Waals surface area contributed by atoms with E-state index in [0.717, 1.165) is 11.9 Å². The van der Waals surface area contributed by atoms with Gasteiger partial charge in [-0.3, -0.25) is 0 Å². The van der Waals surface area contributed by atoms with E-state index in [0.29, 0.717) is 24.7 Å². The van der Waals surface area contributed by atoms with Gasteiger partial charge in [-0.25, -0.2) is 9.78 Å². The van der Waals surface area contributed by atoms with E-state index in [1.807, 2.05) is 32.9 Å². The fraction of sp³-hybridized carbons (Fsp3) is 0.533. The number of hydrogen-bond donors (Lipinski definition) is 2. The van der Waals surface area contributed by atoms with Crippen molar-refractivity contribution in [1.29, 1.82) is 0 Å². The number of amides is 1. The van der Waals surface area contributed by atoms with Crippen LogP contribution in [0.5, 0.6) is 0 Å². The number of carbonyl (C=O) groups excluding carboxylic acids is 1. The summed E-state index contributed by atoms with van der Waals surface area (Å²) < 4.78 is 5.39. The number of carbonyl (C=O) groups is 1. The first-order chi connectivity index (χ1) is 10.4. The number of fused-ring (bicyclic) bond motifs is 1. The van der Waals surface area contributed by atoms with E-state index in [9.17, 15) is 4.79 Å². The lowest BCUT2D eigenvalue weighted by molar-refractivity contribution is 0.0293. The molecule has 0 spiro atoms. The fourth-order valence-corrected chi connectivity index (χ4v) is 2.48. The minimum Gasteiger partial charge on any atom is -0.444 e. The van der Waals surface area contributed by atoms with E-state index in [2.05, 4.69) is 20.3 Å². The Balaban J connectivity index is 1.60. The Morgan fingerprint density at radius 1 is 1.50 bits per heavy atom. The molecule has 22 heavy (non-hydrogen) atoms. The molecule has 7 nitrogen and oxygen atoms in total. The molecular formula is C15H21N5O2. The molecule has 2 N–H and O–H groups in total. The standard InChI is InChI=1S/C15H21N5O2/c1-15(2,3)22-14(21)20-8-6-10(9-20)17-13-18-11-5-4-7-16-12(11)19-13/h4-5,7,10H,6,8-9H2,1-3H3,(H2,16,17,18,19). The number of nitrogens with one attached hydrogen (secondary N) is 2. The molecule has 118 valence electrons. The van der Waals surface area contributed by atoms with Crippen LogP contribution in [0, 0.1) is 0 Å². The third-order valence-electron chi connectivity index (χ3n) is 3.44. The Kier molecular flexibility index (Phi) is 3.64. The van der Waals surface area contributed by atoms with Crippen LogP contribution in [0.3, 0.4) is 0 Å². The highest BCUT2D eigenvalue weighted by atomic mass is 16.6. The summed E-state index contributed by atoms with van der Waals surface area (Å²) in [4.78, 5) is 25.5. The van der Waals surface area contributed by atoms with Gasteiger partial charge >= 0.3 is 6.09 Å². The van der Waals surface area contributed by atoms with Crippen LogP contribution in [0.2, 0.25) is 0 Å². The lowest BCUT2D eigenvalue weighted by Gasteiger charge is -2.24. The lowest BCUT2D eigenvalue weighted by Crippen LogP contribution is -2.36. The number of aromatic nitrogens is 3. The Morgan fingerprint density at radius 2 is 2.32 bits per heavy atom. The van der Waals surface area contributed by atoms with Crippen LogP contribution >= 0.6 is 0 Å². The van der Waals surface area contributed by atoms with Gasteiger partial charge in [0.2, 0.25) is 5.95 Å². The van der Waals surface area contributed by atoms with Gasteiger partial charge in [0.15, 0.2) is 5.65 Å². The second-order valence-corrected chi connectivity index (χ2v) is 6.52. The Morgan fingerprint density at radius 3 is 3.05 bits per heavy atom. The number of H-pyrrole nitrogens is 1. The summed E-state index contributed by atoms with van der Waals surface area (Å²) in [5.41, 5.74) is 1.12. The molecule has 1 unspecified atom stereocenters. The van der Waals surface area contributed by atoms with E-state index in [4.69, 9.17) is 4.74 Å². The van der Waals surface area contributed by atoms with Crippen molar-refractivity contribution < 1.29 is 9.53 Å². The van der Waals surface area contributed by atoms with Gasteiger partial charge in [-0.05, 0) is 39.3 Å². The molecule has 0 radical (unpaired) electrons. The molecule has 2 aromatic heterocycles. The van der Waals surface area contributed by atoms with Gasteiger partial charge in [-0.15, -0.1) is 0 Å². The first-order valence-corrected chi connectivity index (χ1v) is 7.46. The summed E-state index contributed by atoms with van der Waals surface area (Å²) >= 11 is 0. The Bertz CT molecular complexity index is 643. The molecule has 7 heteroatoms. The summed E-state index contributed by atoms with van der Waals surface area (Å²) in [5.74, 6) is 0.685. The topological polar surface area (TPSA) is 83.1 Å². The molecule has 1 aliphatic heterocycles. The summed E-state index contributed by atoms with van der Waals surface area (Å²) in [6.07, 6.45) is 2.32. The number of pyridine rings is 1. The molecule has 1 atom stereocenters. The molecule has 1 fully saturated rings. The van der Waals surface area contributed by atoms with Crippen molar-refractivity contribution in [2.45, 2.75) is 38.8 Å². The van der Waals surface area contributed by atoms with Gasteiger partial charge < -0.3 is 19.9 Å². The smallest absolute Gasteiger partial charge is 0.410 e. The normalized spacial score (nSPS) is 18.7. The van der Waals surface area contributed by atoms with Crippen molar-refractivity contribution >= 4 is 23.2 Å². The monoisotopic (exact) mass is 303 g/mol. The molecule has 1 amide bonds. The van der Waals surface area contributed by atoms with Gasteiger partial charge in [-0.1, -0.05) is 0 Å². The van der Waals surface area contributed by atoms with Gasteiger partial charge in [0.05, 0.1) is 5.52 Å². The van der Waals surface area contributed by atoms with Crippen molar-refractivity contribution in [3.05, 3.63) is 18.3 Å². The van der Waals surface area contributed by atoms with Crippen LogP contribution in [-0.4, -0.2) is 50.7 Å². The zero-order chi connectivity index (χ0) is 15.7. The molecule has 0 saturated carbocycles. The highest BCUT2D eigenvalue weighted by Crippen LogP contribution is 2.18. The Hall–Kier alpha value is -2.31. The van der Waals surface area contributed by atoms with Gasteiger partial charge in [0.25, 0.3) is 0 Å². The van der Waals surface area contributed by atoms with Crippen LogP contribution in [0.25, 0.3) is 11.2 Å². The van der Waals surface area contributed by atoms with Crippen LogP contribution in [0.4, 0.5) is 10.7 Å². The van der Waals surface area contributed by atoms with Crippen LogP contribution in [0.15, 0.2) is 18.3 Å². The van der Waals surface area contributed by atoms with Gasteiger partial charge in [-0.2, -0.15) is 4.98 Å². The predicted molar refractivity (Wildman–Crippen MR) is 83.7 cm³/mol. The molecule has 0 bridgehead atoms. The van der Waals surface area contributed by atoms with E-state index in [-0.39, 0.29) is 12.1 Å². The molecule has 0 aliphatic carbocycles. The first kappa shape index (κ1) is 14.6. The van der Waals surface area contributed by atoms with Crippen LogP contribution in [-0.2, 0) is 4.74 Å². The molecule has 3 heterocycles. The maximum absolute atomic E-state index is 12.0. The second-order valence-electron chi connectivity index (χ2n) is 6.52. The van der Waals surface area contributed by atoms with Crippen molar-refractivity contribution in [3.8, 4) is 0 Å². The zero-order valence-electron chi connectivity index (χ0n) is 13.1. The van der Waals surface area contributed by atoms with Gasteiger partial charge in [0.1, 0.15) is 5.60 Å². The first-order valence-electron chi connectivity index (χ1n) is 7.46. The van der Waals surface area contributed by atoms with Crippen molar-refractivity contribution in [1.82, 2.24) is 19.9 Å². The van der Waals surface area contributed by atoms with Crippen molar-refractivity contribution in [2.75, 3.05) is 18.4 Å². The molecular weight excluding hydrogens is 282 g/mol. The van der Waals surface area contributed by atoms with E-state index < -0.39 is 5.60 Å². The number of anilines is 1. The maximum atomic E-state index is 12.0. The molecule has 1 aliphatic rings. The second kappa shape index (κ2) is 5.47. The summed E-state index contributed by atoms with van der Waals surface area (Å²) in [6, 6.07) is 3.96. The van der Waals surface area contributed by atoms with Crippen molar-refractivity contribution in [2.24, 2.45) is 0 Å². The molecule has 2 aromatic rings. The largest absolute Gasteiger partial charge is 0.444 e. The zero-order valence-corrected chi connectivity index (χ0v) is 13.1. The number of nitrogens with zero attached hydrogens (tertiary/aromatic N) is 3. The van der Waals surface area contributed by atoms with Crippen LogP contribution in [0.1, 0.15) is 27.2 Å². The van der Waals surface area contributed by atoms with E-state index >= 15 is 0 Å². The third kappa shape index (κ3) is 3.29. The number of hydrogen-bond acceptors (Lipinski definition) is 5. The summed E-state index contributed by atoms with van der Waals surface area (Å²) in [7, 11) is 0. The highest BCUT2D eigenvalue weighted by Gasteiger charge is 2.30. The SMILES string of the molecule is CC(C)(C)OC(=O)N1CCC(Nc2nc3ncccc3[nH]2)C1. The third-order valence-corrected chi connectivity index (χ3v) is 3.44. The van der Waals surface area contributed by atoms with E-state index in [1.165, 1.54) is 0 Å². The average molecular weight is 303 g/mol. The molecule has 1 saturated heterocycles. The van der Waals surface area contributed by atoms with Crippen molar-refractivity contribution in [3.63, 3.8) is 0 Å². The quantitative estimate of drug-likeness (QED) is 0.890. The summed E-state index contributed by atoms with van der Waals surface area (Å²) in [5, 5.41) is 3.32. The number of rotatable bonds is 2. The van der Waals surface area contributed by atoms with Gasteiger partial charge in [0, 0.05) is 25.3 Å². The molecule has 3 rings (SSSR count). The predicted octanol–water partition coefficient (Wildman–Crippen LogP) is 2.38. The van der Waals surface area contributed by atoms with Crippen LogP contribution < -0.4 is 5.32 Å². The number of aromatic amines is 1.